The highest BCUT2D eigenvalue weighted by atomic mass is 16.5. The molecule has 2 aromatic rings. The van der Waals surface area contributed by atoms with Gasteiger partial charge in [-0.1, -0.05) is 60.7 Å². The Hall–Kier alpha value is -2.13. The Balaban J connectivity index is 1.78. The van der Waals surface area contributed by atoms with Crippen LogP contribution in [0.25, 0.3) is 0 Å². The first-order valence-electron chi connectivity index (χ1n) is 9.01. The monoisotopic (exact) mass is 337 g/mol. The molecule has 3 rings (SSSR count). The van der Waals surface area contributed by atoms with E-state index in [-0.39, 0.29) is 11.4 Å². The Kier molecular flexibility index (Phi) is 5.54. The topological polar surface area (TPSA) is 29.5 Å². The van der Waals surface area contributed by atoms with E-state index in [1.807, 2.05) is 6.92 Å². The van der Waals surface area contributed by atoms with Crippen LogP contribution in [-0.2, 0) is 22.6 Å². The number of benzene rings is 2. The van der Waals surface area contributed by atoms with Gasteiger partial charge in [-0.25, -0.2) is 0 Å². The van der Waals surface area contributed by atoms with Gasteiger partial charge in [0.05, 0.1) is 12.5 Å². The molecule has 25 heavy (non-hydrogen) atoms. The van der Waals surface area contributed by atoms with Crippen molar-refractivity contribution >= 4 is 5.97 Å². The molecule has 2 aromatic carbocycles. The fraction of sp³-hybridized carbons (Fsp3) is 0.409. The van der Waals surface area contributed by atoms with E-state index >= 15 is 0 Å². The molecule has 1 unspecified atom stereocenters. The zero-order valence-corrected chi connectivity index (χ0v) is 15.2. The van der Waals surface area contributed by atoms with E-state index in [0.29, 0.717) is 6.04 Å². The van der Waals surface area contributed by atoms with Crippen LogP contribution in [0.3, 0.4) is 0 Å². The molecule has 1 fully saturated rings. The molecule has 0 radical (unpaired) electrons. The SMILES string of the molecule is COC(=O)C1(C)CC[C@@H](N(Cc2ccccc2)Cc2ccccc2)C1. The predicted molar refractivity (Wildman–Crippen MR) is 99.9 cm³/mol. The molecule has 3 nitrogen and oxygen atoms in total. The minimum Gasteiger partial charge on any atom is -0.469 e. The maximum atomic E-state index is 12.2. The molecular weight excluding hydrogens is 310 g/mol. The lowest BCUT2D eigenvalue weighted by atomic mass is 9.88. The summed E-state index contributed by atoms with van der Waals surface area (Å²) in [6.07, 6.45) is 2.79. The van der Waals surface area contributed by atoms with Gasteiger partial charge in [-0.3, -0.25) is 9.69 Å². The zero-order valence-electron chi connectivity index (χ0n) is 15.2. The Morgan fingerprint density at radius 1 is 1.04 bits per heavy atom. The highest BCUT2D eigenvalue weighted by molar-refractivity contribution is 5.76. The smallest absolute Gasteiger partial charge is 0.311 e. The Labute approximate surface area is 150 Å². The Morgan fingerprint density at radius 3 is 2.04 bits per heavy atom. The number of carbonyl (C=O) groups is 1. The maximum Gasteiger partial charge on any atom is 0.311 e. The number of hydrogen-bond acceptors (Lipinski definition) is 3. The van der Waals surface area contributed by atoms with Crippen LogP contribution in [-0.4, -0.2) is 24.0 Å². The van der Waals surface area contributed by atoms with E-state index in [9.17, 15) is 4.79 Å². The van der Waals surface area contributed by atoms with Crippen molar-refractivity contribution in [2.75, 3.05) is 7.11 Å². The van der Waals surface area contributed by atoms with Crippen LogP contribution in [0, 0.1) is 5.41 Å². The summed E-state index contributed by atoms with van der Waals surface area (Å²) in [5.41, 5.74) is 2.26. The molecule has 0 saturated heterocycles. The molecule has 0 aromatic heterocycles. The summed E-state index contributed by atoms with van der Waals surface area (Å²) in [4.78, 5) is 14.7. The molecular formula is C22H27NO2. The number of nitrogens with zero attached hydrogens (tertiary/aromatic N) is 1. The molecule has 132 valence electrons. The number of carbonyl (C=O) groups excluding carboxylic acids is 1. The van der Waals surface area contributed by atoms with Crippen LogP contribution in [0.4, 0.5) is 0 Å². The first kappa shape index (κ1) is 17.7. The van der Waals surface area contributed by atoms with Crippen molar-refractivity contribution in [3.05, 3.63) is 71.8 Å². The molecule has 0 bridgehead atoms. The van der Waals surface area contributed by atoms with E-state index in [1.165, 1.54) is 18.2 Å². The van der Waals surface area contributed by atoms with Crippen molar-refractivity contribution in [1.29, 1.82) is 0 Å². The minimum absolute atomic E-state index is 0.0747. The molecule has 0 amide bonds. The molecule has 1 saturated carbocycles. The number of hydrogen-bond donors (Lipinski definition) is 0. The highest BCUT2D eigenvalue weighted by Gasteiger charge is 2.43. The minimum atomic E-state index is -0.356. The molecule has 0 spiro atoms. The molecule has 0 aliphatic heterocycles. The van der Waals surface area contributed by atoms with Crippen molar-refractivity contribution < 1.29 is 9.53 Å². The lowest BCUT2D eigenvalue weighted by Gasteiger charge is -2.30. The molecule has 0 N–H and O–H groups in total. The summed E-state index contributed by atoms with van der Waals surface area (Å²) < 4.78 is 5.04. The lowest BCUT2D eigenvalue weighted by Crippen LogP contribution is -2.35. The van der Waals surface area contributed by atoms with Gasteiger partial charge in [0.15, 0.2) is 0 Å². The van der Waals surface area contributed by atoms with E-state index in [4.69, 9.17) is 4.74 Å². The average Bonchev–Trinajstić information content (AvgIpc) is 3.06. The molecule has 1 aliphatic carbocycles. The van der Waals surface area contributed by atoms with Crippen LogP contribution in [0.15, 0.2) is 60.7 Å². The van der Waals surface area contributed by atoms with Gasteiger partial charge < -0.3 is 4.74 Å². The van der Waals surface area contributed by atoms with Crippen LogP contribution >= 0.6 is 0 Å². The van der Waals surface area contributed by atoms with Gasteiger partial charge in [0.2, 0.25) is 0 Å². The largest absolute Gasteiger partial charge is 0.469 e. The second kappa shape index (κ2) is 7.83. The highest BCUT2D eigenvalue weighted by Crippen LogP contribution is 2.41. The molecule has 0 heterocycles. The van der Waals surface area contributed by atoms with Gasteiger partial charge in [-0.05, 0) is 37.3 Å². The average molecular weight is 337 g/mol. The first-order chi connectivity index (χ1) is 12.1. The third-order valence-electron chi connectivity index (χ3n) is 5.37. The number of methoxy groups -OCH3 is 1. The fourth-order valence-corrected chi connectivity index (χ4v) is 3.90. The van der Waals surface area contributed by atoms with Crippen molar-refractivity contribution in [2.45, 2.75) is 45.3 Å². The Bertz CT molecular complexity index is 644. The number of esters is 1. The number of rotatable bonds is 6. The second-order valence-corrected chi connectivity index (χ2v) is 7.33. The van der Waals surface area contributed by atoms with Crippen LogP contribution in [0.1, 0.15) is 37.3 Å². The van der Waals surface area contributed by atoms with Gasteiger partial charge in [-0.2, -0.15) is 0 Å². The van der Waals surface area contributed by atoms with Crippen molar-refractivity contribution in [3.63, 3.8) is 0 Å². The van der Waals surface area contributed by atoms with Crippen LogP contribution in [0.5, 0.6) is 0 Å². The van der Waals surface area contributed by atoms with Gasteiger partial charge in [0, 0.05) is 19.1 Å². The molecule has 1 aliphatic rings. The van der Waals surface area contributed by atoms with Gasteiger partial charge in [-0.15, -0.1) is 0 Å². The second-order valence-electron chi connectivity index (χ2n) is 7.33. The van der Waals surface area contributed by atoms with Gasteiger partial charge >= 0.3 is 5.97 Å². The third kappa shape index (κ3) is 4.29. The van der Waals surface area contributed by atoms with Crippen LogP contribution in [0.2, 0.25) is 0 Å². The number of ether oxygens (including phenoxy) is 1. The van der Waals surface area contributed by atoms with Gasteiger partial charge in [0.25, 0.3) is 0 Å². The molecule has 3 heteroatoms. The summed E-state index contributed by atoms with van der Waals surface area (Å²) >= 11 is 0. The first-order valence-corrected chi connectivity index (χ1v) is 9.01. The normalized spacial score (nSPS) is 22.9. The van der Waals surface area contributed by atoms with Gasteiger partial charge in [0.1, 0.15) is 0 Å². The summed E-state index contributed by atoms with van der Waals surface area (Å²) in [5, 5.41) is 0. The van der Waals surface area contributed by atoms with E-state index in [1.54, 1.807) is 0 Å². The summed E-state index contributed by atoms with van der Waals surface area (Å²) in [6, 6.07) is 21.5. The lowest BCUT2D eigenvalue weighted by molar-refractivity contribution is -0.151. The summed E-state index contributed by atoms with van der Waals surface area (Å²) in [6.45, 7) is 3.84. The third-order valence-corrected chi connectivity index (χ3v) is 5.37. The maximum absolute atomic E-state index is 12.2. The zero-order chi connectivity index (χ0) is 17.7. The summed E-state index contributed by atoms with van der Waals surface area (Å²) in [7, 11) is 1.49. The van der Waals surface area contributed by atoms with Crippen molar-refractivity contribution in [2.24, 2.45) is 5.41 Å². The fourth-order valence-electron chi connectivity index (χ4n) is 3.90. The van der Waals surface area contributed by atoms with Crippen LogP contribution < -0.4 is 0 Å². The Morgan fingerprint density at radius 2 is 1.56 bits per heavy atom. The van der Waals surface area contributed by atoms with E-state index < -0.39 is 0 Å². The standard InChI is InChI=1S/C22H27NO2/c1-22(21(24)25-2)14-13-20(15-22)23(16-18-9-5-3-6-10-18)17-19-11-7-4-8-12-19/h3-12,20H,13-17H2,1-2H3/t20-,22?/m1/s1. The van der Waals surface area contributed by atoms with E-state index in [0.717, 1.165) is 32.4 Å². The van der Waals surface area contributed by atoms with E-state index in [2.05, 4.69) is 65.6 Å². The molecule has 2 atom stereocenters. The predicted octanol–water partition coefficient (Wildman–Crippen LogP) is 4.42. The van der Waals surface area contributed by atoms with Crippen molar-refractivity contribution in [1.82, 2.24) is 4.90 Å². The summed E-state index contributed by atoms with van der Waals surface area (Å²) in [5.74, 6) is -0.0747. The quantitative estimate of drug-likeness (QED) is 0.731. The van der Waals surface area contributed by atoms with Crippen molar-refractivity contribution in [3.8, 4) is 0 Å².